The summed E-state index contributed by atoms with van der Waals surface area (Å²) in [7, 11) is 1.67. The summed E-state index contributed by atoms with van der Waals surface area (Å²) in [5.41, 5.74) is 0. The Balaban J connectivity index is 2.30. The molecule has 1 unspecified atom stereocenters. The maximum atomic E-state index is 11.6. The molecule has 1 atom stereocenters. The molecule has 15 heavy (non-hydrogen) atoms. The van der Waals surface area contributed by atoms with Gasteiger partial charge in [0.05, 0.1) is 6.10 Å². The van der Waals surface area contributed by atoms with Crippen LogP contribution in [0.5, 0.6) is 0 Å². The van der Waals surface area contributed by atoms with E-state index in [1.807, 2.05) is 18.4 Å². The second-order valence-corrected chi connectivity index (χ2v) is 5.44. The number of carbonyl (C=O) groups is 1. The summed E-state index contributed by atoms with van der Waals surface area (Å²) in [6.45, 7) is 1.98. The first-order valence-corrected chi connectivity index (χ1v) is 6.56. The van der Waals surface area contributed by atoms with Crippen LogP contribution in [0.15, 0.2) is 15.9 Å². The van der Waals surface area contributed by atoms with E-state index in [4.69, 9.17) is 4.74 Å². The lowest BCUT2D eigenvalue weighted by atomic mass is 10.1. The maximum absolute atomic E-state index is 11.6. The first-order chi connectivity index (χ1) is 7.11. The average molecular weight is 291 g/mol. The van der Waals surface area contributed by atoms with E-state index in [0.29, 0.717) is 12.8 Å². The summed E-state index contributed by atoms with van der Waals surface area (Å²) in [6, 6.07) is 2.00. The van der Waals surface area contributed by atoms with Gasteiger partial charge in [-0.1, -0.05) is 0 Å². The third-order valence-electron chi connectivity index (χ3n) is 2.23. The molecule has 0 saturated carbocycles. The maximum Gasteiger partial charge on any atom is 0.138 e. The summed E-state index contributed by atoms with van der Waals surface area (Å²) in [5.74, 6) is 0.285. The zero-order valence-corrected chi connectivity index (χ0v) is 11.4. The largest absolute Gasteiger partial charge is 0.382 e. The first kappa shape index (κ1) is 12.9. The van der Waals surface area contributed by atoms with Crippen molar-refractivity contribution in [2.45, 2.75) is 32.3 Å². The van der Waals surface area contributed by atoms with Crippen LogP contribution in [0.25, 0.3) is 0 Å². The van der Waals surface area contributed by atoms with E-state index in [0.717, 1.165) is 15.8 Å². The highest BCUT2D eigenvalue weighted by atomic mass is 79.9. The lowest BCUT2D eigenvalue weighted by molar-refractivity contribution is -0.119. The Morgan fingerprint density at radius 2 is 2.40 bits per heavy atom. The fourth-order valence-corrected chi connectivity index (χ4v) is 2.69. The van der Waals surface area contributed by atoms with Crippen LogP contribution >= 0.6 is 27.3 Å². The highest BCUT2D eigenvalue weighted by Gasteiger charge is 2.08. The van der Waals surface area contributed by atoms with Crippen molar-refractivity contribution in [2.24, 2.45) is 0 Å². The van der Waals surface area contributed by atoms with Gasteiger partial charge >= 0.3 is 0 Å². The average Bonchev–Trinajstić information content (AvgIpc) is 2.60. The molecule has 1 aromatic rings. The molecular formula is C11H15BrO2S. The molecule has 0 N–H and O–H groups in total. The van der Waals surface area contributed by atoms with Crippen LogP contribution in [0, 0.1) is 0 Å². The number of rotatable bonds is 6. The first-order valence-electron chi connectivity index (χ1n) is 4.89. The zero-order valence-electron chi connectivity index (χ0n) is 8.96. The molecule has 4 heteroatoms. The van der Waals surface area contributed by atoms with Gasteiger partial charge in [-0.25, -0.2) is 0 Å². The normalized spacial score (nSPS) is 12.7. The van der Waals surface area contributed by atoms with Gasteiger partial charge in [0.25, 0.3) is 0 Å². The number of halogens is 1. The lowest BCUT2D eigenvalue weighted by Crippen LogP contribution is -2.09. The van der Waals surface area contributed by atoms with Crippen LogP contribution in [0.2, 0.25) is 0 Å². The number of ether oxygens (including phenoxy) is 1. The summed E-state index contributed by atoms with van der Waals surface area (Å²) >= 11 is 4.99. The SMILES string of the molecule is COC(C)CCC(=O)Cc1cc(Br)cs1. The molecule has 0 aliphatic rings. The summed E-state index contributed by atoms with van der Waals surface area (Å²) in [6.07, 6.45) is 2.13. The van der Waals surface area contributed by atoms with Crippen molar-refractivity contribution in [3.8, 4) is 0 Å². The van der Waals surface area contributed by atoms with E-state index >= 15 is 0 Å². The van der Waals surface area contributed by atoms with Crippen molar-refractivity contribution in [3.05, 3.63) is 20.8 Å². The van der Waals surface area contributed by atoms with E-state index < -0.39 is 0 Å². The van der Waals surface area contributed by atoms with Gasteiger partial charge in [-0.3, -0.25) is 4.79 Å². The van der Waals surface area contributed by atoms with Crippen molar-refractivity contribution in [3.63, 3.8) is 0 Å². The monoisotopic (exact) mass is 290 g/mol. The van der Waals surface area contributed by atoms with E-state index in [1.54, 1.807) is 18.4 Å². The lowest BCUT2D eigenvalue weighted by Gasteiger charge is -2.07. The van der Waals surface area contributed by atoms with Crippen LogP contribution in [0.3, 0.4) is 0 Å². The Labute approximate surface area is 103 Å². The molecule has 84 valence electrons. The van der Waals surface area contributed by atoms with Crippen LogP contribution in [0.1, 0.15) is 24.6 Å². The predicted molar refractivity (Wildman–Crippen MR) is 66.4 cm³/mol. The van der Waals surface area contributed by atoms with Crippen molar-refractivity contribution in [1.82, 2.24) is 0 Å². The quantitative estimate of drug-likeness (QED) is 0.802. The van der Waals surface area contributed by atoms with Crippen molar-refractivity contribution >= 4 is 33.0 Å². The summed E-state index contributed by atoms with van der Waals surface area (Å²) < 4.78 is 6.15. The molecule has 0 radical (unpaired) electrons. The minimum atomic E-state index is 0.170. The number of methoxy groups -OCH3 is 1. The molecule has 0 aliphatic heterocycles. The highest BCUT2D eigenvalue weighted by molar-refractivity contribution is 9.10. The molecule has 0 spiro atoms. The molecular weight excluding hydrogens is 276 g/mol. The Kier molecular flexibility index (Phi) is 5.50. The third kappa shape index (κ3) is 4.91. The molecule has 0 bridgehead atoms. The number of thiophene rings is 1. The van der Waals surface area contributed by atoms with Gasteiger partial charge in [-0.05, 0) is 35.3 Å². The standard InChI is InChI=1S/C11H15BrO2S/c1-8(14-2)3-4-10(13)6-11-5-9(12)7-15-11/h5,7-8H,3-4,6H2,1-2H3. The van der Waals surface area contributed by atoms with E-state index in [1.165, 1.54) is 0 Å². The van der Waals surface area contributed by atoms with Crippen LogP contribution < -0.4 is 0 Å². The van der Waals surface area contributed by atoms with Crippen molar-refractivity contribution in [2.75, 3.05) is 7.11 Å². The predicted octanol–water partition coefficient (Wildman–Crippen LogP) is 3.44. The van der Waals surface area contributed by atoms with Gasteiger partial charge in [-0.15, -0.1) is 11.3 Å². The van der Waals surface area contributed by atoms with E-state index in [9.17, 15) is 4.79 Å². The van der Waals surface area contributed by atoms with Crippen LogP contribution in [-0.2, 0) is 16.0 Å². The molecule has 1 rings (SSSR count). The molecule has 0 saturated heterocycles. The summed E-state index contributed by atoms with van der Waals surface area (Å²) in [4.78, 5) is 12.7. The van der Waals surface area contributed by atoms with Gasteiger partial charge < -0.3 is 4.74 Å². The summed E-state index contributed by atoms with van der Waals surface area (Å²) in [5, 5.41) is 2.00. The Hall–Kier alpha value is -0.190. The van der Waals surface area contributed by atoms with Gasteiger partial charge in [0.1, 0.15) is 5.78 Å². The molecule has 0 aliphatic carbocycles. The van der Waals surface area contributed by atoms with Crippen LogP contribution in [-0.4, -0.2) is 19.0 Å². The second kappa shape index (κ2) is 6.40. The molecule has 1 heterocycles. The van der Waals surface area contributed by atoms with Crippen LogP contribution in [0.4, 0.5) is 0 Å². The number of ketones is 1. The van der Waals surface area contributed by atoms with Gasteiger partial charge in [0.2, 0.25) is 0 Å². The van der Waals surface area contributed by atoms with Crippen molar-refractivity contribution in [1.29, 1.82) is 0 Å². The molecule has 0 fully saturated rings. The second-order valence-electron chi connectivity index (χ2n) is 3.53. The van der Waals surface area contributed by atoms with Gasteiger partial charge in [0, 0.05) is 34.7 Å². The fourth-order valence-electron chi connectivity index (χ4n) is 1.21. The third-order valence-corrected chi connectivity index (χ3v) is 3.92. The number of Topliss-reactive ketones (excluding diaryl/α,β-unsaturated/α-hetero) is 1. The zero-order chi connectivity index (χ0) is 11.3. The minimum Gasteiger partial charge on any atom is -0.382 e. The Morgan fingerprint density at radius 3 is 2.93 bits per heavy atom. The number of hydrogen-bond donors (Lipinski definition) is 0. The molecule has 0 amide bonds. The number of carbonyl (C=O) groups excluding carboxylic acids is 1. The highest BCUT2D eigenvalue weighted by Crippen LogP contribution is 2.20. The van der Waals surface area contributed by atoms with Gasteiger partial charge in [-0.2, -0.15) is 0 Å². The molecule has 0 aromatic carbocycles. The fraction of sp³-hybridized carbons (Fsp3) is 0.545. The van der Waals surface area contributed by atoms with Gasteiger partial charge in [0.15, 0.2) is 0 Å². The van der Waals surface area contributed by atoms with E-state index in [2.05, 4.69) is 15.9 Å². The Morgan fingerprint density at radius 1 is 1.67 bits per heavy atom. The molecule has 2 nitrogen and oxygen atoms in total. The number of hydrogen-bond acceptors (Lipinski definition) is 3. The smallest absolute Gasteiger partial charge is 0.138 e. The molecule has 1 aromatic heterocycles. The van der Waals surface area contributed by atoms with E-state index in [-0.39, 0.29) is 11.9 Å². The topological polar surface area (TPSA) is 26.3 Å². The minimum absolute atomic E-state index is 0.170. The van der Waals surface area contributed by atoms with Crippen molar-refractivity contribution < 1.29 is 9.53 Å². The Bertz CT molecular complexity index is 322.